The summed E-state index contributed by atoms with van der Waals surface area (Å²) in [5.41, 5.74) is 2.23. The van der Waals surface area contributed by atoms with E-state index in [0.29, 0.717) is 22.7 Å². The van der Waals surface area contributed by atoms with Crippen LogP contribution in [0.5, 0.6) is 0 Å². The fraction of sp³-hybridized carbons (Fsp3) is 0.471. The van der Waals surface area contributed by atoms with Gasteiger partial charge in [-0.2, -0.15) is 4.52 Å². The Kier molecular flexibility index (Phi) is 3.87. The number of thioether (sulfide) groups is 1. The Morgan fingerprint density at radius 2 is 2.26 bits per heavy atom. The number of hydrogen-bond acceptors (Lipinski definition) is 8. The van der Waals surface area contributed by atoms with Crippen molar-refractivity contribution in [1.82, 2.24) is 29.2 Å². The molecule has 4 aromatic rings. The molecule has 0 aliphatic heterocycles. The van der Waals surface area contributed by atoms with Gasteiger partial charge in [-0.1, -0.05) is 18.7 Å². The van der Waals surface area contributed by atoms with Gasteiger partial charge in [0.25, 0.3) is 5.78 Å². The van der Waals surface area contributed by atoms with E-state index in [2.05, 4.69) is 22.2 Å². The number of nitrogens with zero attached hydrogens (tertiary/aromatic N) is 6. The number of carbonyl (C=O) groups excluding carboxylic acids is 1. The average molecular weight is 403 g/mol. The Morgan fingerprint density at radius 1 is 1.41 bits per heavy atom. The zero-order chi connectivity index (χ0) is 18.7. The highest BCUT2D eigenvalue weighted by Gasteiger charge is 2.28. The number of hydrogen-bond donors (Lipinski definition) is 0. The van der Waals surface area contributed by atoms with Crippen molar-refractivity contribution < 1.29 is 9.53 Å². The van der Waals surface area contributed by atoms with Gasteiger partial charge in [-0.15, -0.1) is 26.6 Å². The Hall–Kier alpha value is -2.20. The Morgan fingerprint density at radius 3 is 3.07 bits per heavy atom. The number of methoxy groups -OCH3 is 1. The van der Waals surface area contributed by atoms with Crippen molar-refractivity contribution in [2.45, 2.75) is 44.2 Å². The lowest BCUT2D eigenvalue weighted by Gasteiger charge is -2.18. The van der Waals surface area contributed by atoms with Crippen LogP contribution < -0.4 is 0 Å². The van der Waals surface area contributed by atoms with Crippen molar-refractivity contribution in [2.24, 2.45) is 0 Å². The summed E-state index contributed by atoms with van der Waals surface area (Å²) in [7, 11) is 1.39. The number of rotatable bonds is 3. The van der Waals surface area contributed by atoms with E-state index in [9.17, 15) is 4.79 Å². The monoisotopic (exact) mass is 402 g/mol. The van der Waals surface area contributed by atoms with Gasteiger partial charge in [0, 0.05) is 4.88 Å². The summed E-state index contributed by atoms with van der Waals surface area (Å²) in [5, 5.41) is 15.0. The molecule has 0 N–H and O–H groups in total. The normalized spacial score (nSPS) is 17.1. The van der Waals surface area contributed by atoms with Crippen molar-refractivity contribution >= 4 is 50.7 Å². The molecule has 0 radical (unpaired) electrons. The Bertz CT molecular complexity index is 1210. The maximum absolute atomic E-state index is 11.6. The zero-order valence-electron chi connectivity index (χ0n) is 15.2. The predicted octanol–water partition coefficient (Wildman–Crippen LogP) is 3.00. The van der Waals surface area contributed by atoms with Crippen molar-refractivity contribution in [2.75, 3.05) is 12.9 Å². The van der Waals surface area contributed by atoms with Crippen molar-refractivity contribution in [3.8, 4) is 0 Å². The fourth-order valence-corrected chi connectivity index (χ4v) is 6.12. The highest BCUT2D eigenvalue weighted by atomic mass is 32.2. The molecule has 0 aromatic carbocycles. The van der Waals surface area contributed by atoms with E-state index in [4.69, 9.17) is 9.72 Å². The molecule has 0 amide bonds. The van der Waals surface area contributed by atoms with Crippen LogP contribution in [0.1, 0.15) is 41.9 Å². The van der Waals surface area contributed by atoms with Crippen LogP contribution in [0.25, 0.3) is 21.6 Å². The molecule has 140 valence electrons. The molecule has 8 nitrogen and oxygen atoms in total. The maximum Gasteiger partial charge on any atom is 0.316 e. The molecule has 27 heavy (non-hydrogen) atoms. The second-order valence-electron chi connectivity index (χ2n) is 6.79. The van der Waals surface area contributed by atoms with Gasteiger partial charge in [0.1, 0.15) is 10.7 Å². The second kappa shape index (κ2) is 6.16. The number of aromatic nitrogens is 6. The zero-order valence-corrected chi connectivity index (χ0v) is 16.9. The summed E-state index contributed by atoms with van der Waals surface area (Å²) in [6, 6.07) is 0. The van der Waals surface area contributed by atoms with E-state index in [1.807, 2.05) is 11.3 Å². The molecule has 1 aliphatic rings. The number of fused-ring (bicyclic) bond motifs is 8. The molecule has 4 aromatic heterocycles. The number of esters is 1. The lowest BCUT2D eigenvalue weighted by molar-refractivity contribution is -0.137. The first kappa shape index (κ1) is 16.9. The fourth-order valence-electron chi connectivity index (χ4n) is 3.84. The van der Waals surface area contributed by atoms with Gasteiger partial charge in [0.15, 0.2) is 10.8 Å². The summed E-state index contributed by atoms with van der Waals surface area (Å²) in [5.74, 6) is 1.72. The molecule has 0 saturated carbocycles. The largest absolute Gasteiger partial charge is 0.468 e. The molecular formula is C17H18N6O2S2. The first-order chi connectivity index (χ1) is 13.1. The molecule has 0 saturated heterocycles. The van der Waals surface area contributed by atoms with Crippen LogP contribution in [-0.4, -0.2) is 48.0 Å². The third-order valence-corrected chi connectivity index (χ3v) is 7.18. The number of aryl methyl sites for hydroxylation is 2. The molecule has 0 unspecified atom stereocenters. The number of thiophene rings is 1. The van der Waals surface area contributed by atoms with Crippen LogP contribution in [0.4, 0.5) is 0 Å². The first-order valence-electron chi connectivity index (χ1n) is 8.83. The van der Waals surface area contributed by atoms with Crippen molar-refractivity contribution in [1.29, 1.82) is 0 Å². The highest BCUT2D eigenvalue weighted by Crippen LogP contribution is 2.44. The van der Waals surface area contributed by atoms with E-state index in [1.165, 1.54) is 42.2 Å². The molecule has 4 heterocycles. The van der Waals surface area contributed by atoms with E-state index in [0.717, 1.165) is 22.3 Å². The van der Waals surface area contributed by atoms with Gasteiger partial charge in [-0.25, -0.2) is 9.38 Å². The minimum Gasteiger partial charge on any atom is -0.468 e. The van der Waals surface area contributed by atoms with Gasteiger partial charge >= 0.3 is 5.97 Å². The van der Waals surface area contributed by atoms with Gasteiger partial charge in [-0.3, -0.25) is 4.79 Å². The summed E-state index contributed by atoms with van der Waals surface area (Å²) in [4.78, 5) is 18.8. The first-order valence-corrected chi connectivity index (χ1v) is 10.6. The topological polar surface area (TPSA) is 86.7 Å². The summed E-state index contributed by atoms with van der Waals surface area (Å²) in [6.07, 6.45) is 3.48. The van der Waals surface area contributed by atoms with Crippen LogP contribution in [0.2, 0.25) is 0 Å². The van der Waals surface area contributed by atoms with E-state index in [-0.39, 0.29) is 11.7 Å². The second-order valence-corrected chi connectivity index (χ2v) is 8.82. The Balaban J connectivity index is 1.85. The minimum absolute atomic E-state index is 0.189. The highest BCUT2D eigenvalue weighted by molar-refractivity contribution is 7.99. The lowest BCUT2D eigenvalue weighted by atomic mass is 9.87. The molecule has 0 bridgehead atoms. The van der Waals surface area contributed by atoms with E-state index < -0.39 is 0 Å². The van der Waals surface area contributed by atoms with Crippen LogP contribution in [-0.2, 0) is 16.0 Å². The van der Waals surface area contributed by atoms with Crippen LogP contribution >= 0.6 is 23.1 Å². The van der Waals surface area contributed by atoms with E-state index in [1.54, 1.807) is 15.9 Å². The number of carbonyl (C=O) groups is 1. The summed E-state index contributed by atoms with van der Waals surface area (Å²) in [6.45, 7) is 4.17. The standard InChI is InChI=1S/C17H18N6O2S2/c1-8-5-4-6-10-12(8)13-14-18-9(2)21-23(14)16-19-20-17(22(16)15(13)27-10)26-7-11(24)25-3/h8H,4-7H2,1-3H3/t8-/m0/s1. The van der Waals surface area contributed by atoms with Crippen LogP contribution in [0.3, 0.4) is 0 Å². The molecule has 0 fully saturated rings. The van der Waals surface area contributed by atoms with Crippen LogP contribution in [0.15, 0.2) is 5.16 Å². The predicted molar refractivity (Wildman–Crippen MR) is 104 cm³/mol. The Labute approximate surface area is 162 Å². The van der Waals surface area contributed by atoms with Crippen molar-refractivity contribution in [3.05, 3.63) is 16.3 Å². The van der Waals surface area contributed by atoms with Crippen molar-refractivity contribution in [3.63, 3.8) is 0 Å². The molecule has 1 aliphatic carbocycles. The van der Waals surface area contributed by atoms with Crippen LogP contribution in [0, 0.1) is 6.92 Å². The molecule has 0 spiro atoms. The summed E-state index contributed by atoms with van der Waals surface area (Å²) < 4.78 is 8.55. The minimum atomic E-state index is -0.287. The number of ether oxygens (including phenoxy) is 1. The lowest BCUT2D eigenvalue weighted by Crippen LogP contribution is -2.06. The smallest absolute Gasteiger partial charge is 0.316 e. The molecule has 10 heteroatoms. The summed E-state index contributed by atoms with van der Waals surface area (Å²) >= 11 is 3.11. The third kappa shape index (κ3) is 2.46. The third-order valence-electron chi connectivity index (χ3n) is 5.03. The van der Waals surface area contributed by atoms with Gasteiger partial charge in [0.2, 0.25) is 0 Å². The molecular weight excluding hydrogens is 384 g/mol. The molecule has 1 atom stereocenters. The average Bonchev–Trinajstić information content (AvgIpc) is 3.33. The maximum atomic E-state index is 11.6. The molecule has 5 rings (SSSR count). The van der Waals surface area contributed by atoms with Gasteiger partial charge < -0.3 is 4.74 Å². The van der Waals surface area contributed by atoms with Gasteiger partial charge in [0.05, 0.1) is 18.2 Å². The SMILES string of the molecule is COC(=O)CSc1nnc2n3nc(C)nc3c3c4c(sc3n12)CCC[C@@H]4C. The van der Waals surface area contributed by atoms with Gasteiger partial charge in [-0.05, 0) is 37.7 Å². The van der Waals surface area contributed by atoms with E-state index >= 15 is 0 Å². The quantitative estimate of drug-likeness (QED) is 0.384.